The summed E-state index contributed by atoms with van der Waals surface area (Å²) in [6.45, 7) is 4.87. The highest BCUT2D eigenvalue weighted by molar-refractivity contribution is 5.93. The van der Waals surface area contributed by atoms with E-state index in [1.165, 1.54) is 24.0 Å². The summed E-state index contributed by atoms with van der Waals surface area (Å²) in [5.41, 5.74) is 11.0. The lowest BCUT2D eigenvalue weighted by atomic mass is 9.89. The summed E-state index contributed by atoms with van der Waals surface area (Å²) < 4.78 is 0. The van der Waals surface area contributed by atoms with Crippen LogP contribution in [-0.2, 0) is 18.3 Å². The van der Waals surface area contributed by atoms with Gasteiger partial charge in [-0.15, -0.1) is 0 Å². The van der Waals surface area contributed by atoms with Gasteiger partial charge in [0, 0.05) is 23.0 Å². The average molecular weight is 322 g/mol. The predicted octanol–water partition coefficient (Wildman–Crippen LogP) is 3.66. The molecule has 0 unspecified atom stereocenters. The third-order valence-corrected chi connectivity index (χ3v) is 4.66. The second-order valence-corrected chi connectivity index (χ2v) is 7.08. The van der Waals surface area contributed by atoms with Crippen LogP contribution in [0.2, 0.25) is 0 Å². The van der Waals surface area contributed by atoms with Gasteiger partial charge >= 0.3 is 0 Å². The van der Waals surface area contributed by atoms with Gasteiger partial charge in [0.1, 0.15) is 0 Å². The fourth-order valence-corrected chi connectivity index (χ4v) is 3.20. The van der Waals surface area contributed by atoms with E-state index >= 15 is 0 Å². The molecule has 0 amide bonds. The Labute approximate surface area is 144 Å². The zero-order valence-electron chi connectivity index (χ0n) is 14.5. The Kier molecular flexibility index (Phi) is 4.84. The molecule has 126 valence electrons. The van der Waals surface area contributed by atoms with Crippen LogP contribution >= 0.6 is 0 Å². The molecule has 1 heterocycles. The molecular weight excluding hydrogens is 296 g/mol. The molecule has 0 aliphatic heterocycles. The van der Waals surface area contributed by atoms with Crippen molar-refractivity contribution in [2.45, 2.75) is 44.9 Å². The van der Waals surface area contributed by atoms with Gasteiger partial charge in [0.2, 0.25) is 0 Å². The quantitative estimate of drug-likeness (QED) is 0.667. The topological polar surface area (TPSA) is 63.3 Å². The molecule has 0 radical (unpaired) electrons. The van der Waals surface area contributed by atoms with Crippen molar-refractivity contribution in [3.05, 3.63) is 59.4 Å². The van der Waals surface area contributed by atoms with E-state index in [0.717, 1.165) is 24.2 Å². The minimum Gasteiger partial charge on any atom is -0.370 e. The molecule has 0 fully saturated rings. The molecule has 3 rings (SSSR count). The van der Waals surface area contributed by atoms with E-state index in [1.807, 2.05) is 24.4 Å². The van der Waals surface area contributed by atoms with Gasteiger partial charge in [-0.25, -0.2) is 0 Å². The van der Waals surface area contributed by atoms with Crippen molar-refractivity contribution in [3.63, 3.8) is 0 Å². The second-order valence-electron chi connectivity index (χ2n) is 7.08. The van der Waals surface area contributed by atoms with Gasteiger partial charge in [0.15, 0.2) is 5.96 Å². The fourth-order valence-electron chi connectivity index (χ4n) is 3.20. The Morgan fingerprint density at radius 3 is 2.79 bits per heavy atom. The van der Waals surface area contributed by atoms with E-state index in [4.69, 9.17) is 5.73 Å². The lowest BCUT2D eigenvalue weighted by Gasteiger charge is -2.22. The molecule has 1 aliphatic rings. The van der Waals surface area contributed by atoms with Gasteiger partial charge in [-0.2, -0.15) is 0 Å². The molecule has 1 aromatic carbocycles. The van der Waals surface area contributed by atoms with Crippen molar-refractivity contribution in [3.8, 4) is 0 Å². The number of fused-ring (bicyclic) bond motifs is 1. The Hall–Kier alpha value is -2.36. The number of pyridine rings is 1. The van der Waals surface area contributed by atoms with Gasteiger partial charge in [0.25, 0.3) is 0 Å². The smallest absolute Gasteiger partial charge is 0.193 e. The predicted molar refractivity (Wildman–Crippen MR) is 100 cm³/mol. The number of guanidine groups is 1. The first-order valence-corrected chi connectivity index (χ1v) is 8.65. The molecule has 1 aliphatic carbocycles. The maximum absolute atomic E-state index is 6.14. The first-order chi connectivity index (χ1) is 11.6. The molecule has 4 nitrogen and oxygen atoms in total. The lowest BCUT2D eigenvalue weighted by Crippen LogP contribution is -2.29. The third kappa shape index (κ3) is 3.75. The summed E-state index contributed by atoms with van der Waals surface area (Å²) in [5, 5.41) is 3.30. The lowest BCUT2D eigenvalue weighted by molar-refractivity contribution is 0.523. The van der Waals surface area contributed by atoms with Crippen molar-refractivity contribution in [2.75, 3.05) is 11.9 Å². The van der Waals surface area contributed by atoms with Crippen LogP contribution in [0.5, 0.6) is 0 Å². The van der Waals surface area contributed by atoms with Crippen LogP contribution in [0.1, 0.15) is 43.5 Å². The van der Waals surface area contributed by atoms with Crippen molar-refractivity contribution in [2.24, 2.45) is 10.7 Å². The highest BCUT2D eigenvalue weighted by Crippen LogP contribution is 2.28. The Morgan fingerprint density at radius 1 is 1.17 bits per heavy atom. The summed E-state index contributed by atoms with van der Waals surface area (Å²) in [6, 6.07) is 12.4. The van der Waals surface area contributed by atoms with E-state index < -0.39 is 0 Å². The second kappa shape index (κ2) is 7.04. The summed E-state index contributed by atoms with van der Waals surface area (Å²) in [4.78, 5) is 9.00. The Morgan fingerprint density at radius 2 is 2.00 bits per heavy atom. The minimum atomic E-state index is -0.149. The maximum Gasteiger partial charge on any atom is 0.193 e. The molecule has 0 saturated heterocycles. The summed E-state index contributed by atoms with van der Waals surface area (Å²) in [6.07, 6.45) is 6.62. The highest BCUT2D eigenvalue weighted by atomic mass is 15.1. The number of aromatic nitrogens is 1. The van der Waals surface area contributed by atoms with Crippen LogP contribution in [0.4, 0.5) is 5.69 Å². The number of anilines is 1. The Balaban J connectivity index is 1.71. The molecule has 2 aromatic rings. The van der Waals surface area contributed by atoms with Gasteiger partial charge in [-0.05, 0) is 55.0 Å². The number of aryl methyl sites for hydroxylation is 1. The van der Waals surface area contributed by atoms with Crippen molar-refractivity contribution in [1.82, 2.24) is 4.98 Å². The number of hydrogen-bond acceptors (Lipinski definition) is 2. The molecule has 24 heavy (non-hydrogen) atoms. The monoisotopic (exact) mass is 322 g/mol. The Bertz CT molecular complexity index is 720. The largest absolute Gasteiger partial charge is 0.370 e. The molecule has 0 atom stereocenters. The summed E-state index contributed by atoms with van der Waals surface area (Å²) in [5.74, 6) is 0.470. The van der Waals surface area contributed by atoms with Crippen LogP contribution in [0.3, 0.4) is 0 Å². The van der Waals surface area contributed by atoms with Crippen LogP contribution in [0.25, 0.3) is 0 Å². The minimum absolute atomic E-state index is 0.149. The molecule has 0 bridgehead atoms. The number of nitrogens with two attached hydrogens (primary N) is 1. The van der Waals surface area contributed by atoms with Crippen LogP contribution in [-0.4, -0.2) is 17.5 Å². The molecule has 0 saturated carbocycles. The number of nitrogens with zero attached hydrogens (tertiary/aromatic N) is 2. The van der Waals surface area contributed by atoms with Crippen molar-refractivity contribution < 1.29 is 0 Å². The highest BCUT2D eigenvalue weighted by Gasteiger charge is 2.21. The van der Waals surface area contributed by atoms with Gasteiger partial charge < -0.3 is 11.1 Å². The molecule has 3 N–H and O–H groups in total. The van der Waals surface area contributed by atoms with E-state index in [-0.39, 0.29) is 5.41 Å². The molecule has 1 aromatic heterocycles. The van der Waals surface area contributed by atoms with Gasteiger partial charge in [0.05, 0.1) is 6.54 Å². The van der Waals surface area contributed by atoms with Crippen molar-refractivity contribution >= 4 is 11.6 Å². The van der Waals surface area contributed by atoms with E-state index in [1.54, 1.807) is 0 Å². The van der Waals surface area contributed by atoms with Crippen LogP contribution in [0, 0.1) is 0 Å². The molecule has 4 heteroatoms. The number of rotatable bonds is 4. The first-order valence-electron chi connectivity index (χ1n) is 8.65. The fraction of sp³-hybridized carbons (Fsp3) is 0.400. The zero-order valence-corrected chi connectivity index (χ0v) is 14.5. The summed E-state index contributed by atoms with van der Waals surface area (Å²) in [7, 11) is 0. The molecule has 0 spiro atoms. The normalized spacial score (nSPS) is 15.0. The summed E-state index contributed by atoms with van der Waals surface area (Å²) >= 11 is 0. The standard InChI is InChI=1S/C20H26N4/c1-20(2,18-12-5-6-13-22-18)14-23-19(21)24-17-11-7-9-15-8-3-4-10-16(15)17/h5-7,9,11-13H,3-4,8,10,14H2,1-2H3,(H3,21,23,24). The van der Waals surface area contributed by atoms with E-state index in [2.05, 4.69) is 47.3 Å². The van der Waals surface area contributed by atoms with E-state index in [9.17, 15) is 0 Å². The molecular formula is C20H26N4. The average Bonchev–Trinajstić information content (AvgIpc) is 2.61. The number of nitrogens with one attached hydrogen (secondary N) is 1. The SMILES string of the molecule is CC(C)(CN=C(N)Nc1cccc2c1CCCC2)c1ccccn1. The van der Waals surface area contributed by atoms with Gasteiger partial charge in [-0.3, -0.25) is 9.98 Å². The van der Waals surface area contributed by atoms with Crippen molar-refractivity contribution in [1.29, 1.82) is 0 Å². The van der Waals surface area contributed by atoms with Crippen LogP contribution in [0.15, 0.2) is 47.6 Å². The maximum atomic E-state index is 6.14. The van der Waals surface area contributed by atoms with Gasteiger partial charge in [-0.1, -0.05) is 32.0 Å². The van der Waals surface area contributed by atoms with E-state index in [0.29, 0.717) is 12.5 Å². The number of hydrogen-bond donors (Lipinski definition) is 2. The third-order valence-electron chi connectivity index (χ3n) is 4.66. The zero-order chi connectivity index (χ0) is 17.0. The van der Waals surface area contributed by atoms with Crippen LogP contribution < -0.4 is 11.1 Å². The number of benzene rings is 1. The number of aliphatic imine (C=N–C) groups is 1. The first kappa shape index (κ1) is 16.5.